The smallest absolute Gasteiger partial charge is 0.122 e. The van der Waals surface area contributed by atoms with Crippen LogP contribution < -0.4 is 11.1 Å². The Hall–Kier alpha value is -1.03. The Morgan fingerprint density at radius 2 is 2.33 bits per heavy atom. The summed E-state index contributed by atoms with van der Waals surface area (Å²) >= 11 is 0. The summed E-state index contributed by atoms with van der Waals surface area (Å²) < 4.78 is 1.83. The first-order valence-corrected chi connectivity index (χ1v) is 4.13. The first kappa shape index (κ1) is 9.06. The molecule has 0 saturated carbocycles. The van der Waals surface area contributed by atoms with E-state index in [9.17, 15) is 0 Å². The molecular weight excluding hydrogens is 152 g/mol. The molecule has 0 atom stereocenters. The molecule has 68 valence electrons. The maximum absolute atomic E-state index is 5.75. The summed E-state index contributed by atoms with van der Waals surface area (Å²) in [4.78, 5) is 0. The van der Waals surface area contributed by atoms with E-state index < -0.39 is 0 Å². The number of hydrogen-bond donors (Lipinski definition) is 2. The predicted octanol–water partition coefficient (Wildman–Crippen LogP) is 0.766. The lowest BCUT2D eigenvalue weighted by Crippen LogP contribution is -2.09. The standard InChI is InChI=1S/C8H16N4/c1-6(2)12-8(9)4-7(11-12)5-10-3/h4,6,10H,5,9H2,1-3H3. The predicted molar refractivity (Wildman–Crippen MR) is 49.8 cm³/mol. The zero-order valence-electron chi connectivity index (χ0n) is 7.83. The van der Waals surface area contributed by atoms with Crippen LogP contribution in [0.3, 0.4) is 0 Å². The minimum Gasteiger partial charge on any atom is -0.384 e. The lowest BCUT2D eigenvalue weighted by atomic mass is 10.4. The number of nitrogen functional groups attached to an aromatic ring is 1. The summed E-state index contributed by atoms with van der Waals surface area (Å²) in [6.07, 6.45) is 0. The van der Waals surface area contributed by atoms with Crippen LogP contribution in [0.1, 0.15) is 25.6 Å². The third-order valence-corrected chi connectivity index (χ3v) is 1.66. The summed E-state index contributed by atoms with van der Waals surface area (Å²) in [5.41, 5.74) is 6.73. The summed E-state index contributed by atoms with van der Waals surface area (Å²) in [7, 11) is 1.89. The number of anilines is 1. The second kappa shape index (κ2) is 3.58. The minimum absolute atomic E-state index is 0.329. The van der Waals surface area contributed by atoms with E-state index in [-0.39, 0.29) is 0 Å². The van der Waals surface area contributed by atoms with Crippen molar-refractivity contribution >= 4 is 5.82 Å². The van der Waals surface area contributed by atoms with Gasteiger partial charge in [0.05, 0.1) is 5.69 Å². The molecule has 0 aromatic carbocycles. The van der Waals surface area contributed by atoms with Crippen LogP contribution in [0.5, 0.6) is 0 Å². The molecule has 0 saturated heterocycles. The second-order valence-electron chi connectivity index (χ2n) is 3.13. The van der Waals surface area contributed by atoms with Crippen molar-refractivity contribution in [3.8, 4) is 0 Å². The van der Waals surface area contributed by atoms with E-state index in [1.165, 1.54) is 0 Å². The summed E-state index contributed by atoms with van der Waals surface area (Å²) in [5.74, 6) is 0.732. The van der Waals surface area contributed by atoms with Crippen LogP contribution in [-0.4, -0.2) is 16.8 Å². The van der Waals surface area contributed by atoms with E-state index in [1.807, 2.05) is 17.8 Å². The molecule has 4 heteroatoms. The molecule has 0 aliphatic carbocycles. The number of nitrogens with one attached hydrogen (secondary N) is 1. The SMILES string of the molecule is CNCc1cc(N)n(C(C)C)n1. The Labute approximate surface area is 72.8 Å². The number of nitrogens with two attached hydrogens (primary N) is 1. The Kier molecular flexibility index (Phi) is 2.70. The molecule has 0 fully saturated rings. The highest BCUT2D eigenvalue weighted by Gasteiger charge is 2.06. The molecule has 1 rings (SSSR count). The zero-order chi connectivity index (χ0) is 9.14. The molecule has 4 nitrogen and oxygen atoms in total. The Bertz CT molecular complexity index is 252. The quantitative estimate of drug-likeness (QED) is 0.700. The molecule has 0 aliphatic rings. The Morgan fingerprint density at radius 3 is 2.75 bits per heavy atom. The molecule has 12 heavy (non-hydrogen) atoms. The van der Waals surface area contributed by atoms with Crippen LogP contribution in [0.25, 0.3) is 0 Å². The third-order valence-electron chi connectivity index (χ3n) is 1.66. The zero-order valence-corrected chi connectivity index (χ0v) is 7.83. The Balaban J connectivity index is 2.85. The van der Waals surface area contributed by atoms with E-state index >= 15 is 0 Å². The van der Waals surface area contributed by atoms with Crippen molar-refractivity contribution in [1.82, 2.24) is 15.1 Å². The van der Waals surface area contributed by atoms with Crippen molar-refractivity contribution in [2.24, 2.45) is 0 Å². The number of aromatic nitrogens is 2. The third kappa shape index (κ3) is 1.76. The van der Waals surface area contributed by atoms with Gasteiger partial charge in [-0.2, -0.15) is 5.10 Å². The minimum atomic E-state index is 0.329. The molecule has 0 aliphatic heterocycles. The van der Waals surface area contributed by atoms with Crippen LogP contribution in [0.2, 0.25) is 0 Å². The first-order valence-electron chi connectivity index (χ1n) is 4.13. The largest absolute Gasteiger partial charge is 0.384 e. The van der Waals surface area contributed by atoms with Gasteiger partial charge in [-0.3, -0.25) is 0 Å². The lowest BCUT2D eigenvalue weighted by molar-refractivity contribution is 0.531. The van der Waals surface area contributed by atoms with Crippen LogP contribution in [0, 0.1) is 0 Å². The fourth-order valence-corrected chi connectivity index (χ4v) is 1.14. The molecule has 0 spiro atoms. The van der Waals surface area contributed by atoms with Gasteiger partial charge in [0.1, 0.15) is 5.82 Å². The van der Waals surface area contributed by atoms with E-state index in [0.29, 0.717) is 6.04 Å². The van der Waals surface area contributed by atoms with Crippen molar-refractivity contribution in [2.75, 3.05) is 12.8 Å². The van der Waals surface area contributed by atoms with Crippen LogP contribution in [0.15, 0.2) is 6.07 Å². The topological polar surface area (TPSA) is 55.9 Å². The fourth-order valence-electron chi connectivity index (χ4n) is 1.14. The molecular formula is C8H16N4. The van der Waals surface area contributed by atoms with Gasteiger partial charge in [-0.1, -0.05) is 0 Å². The summed E-state index contributed by atoms with van der Waals surface area (Å²) in [6, 6.07) is 2.23. The van der Waals surface area contributed by atoms with E-state index in [1.54, 1.807) is 0 Å². The van der Waals surface area contributed by atoms with Gasteiger partial charge in [0.2, 0.25) is 0 Å². The van der Waals surface area contributed by atoms with Gasteiger partial charge in [-0.15, -0.1) is 0 Å². The molecule has 1 aromatic rings. The maximum atomic E-state index is 5.75. The van der Waals surface area contributed by atoms with Crippen molar-refractivity contribution in [3.05, 3.63) is 11.8 Å². The van der Waals surface area contributed by atoms with Gasteiger partial charge in [-0.05, 0) is 20.9 Å². The van der Waals surface area contributed by atoms with Crippen LogP contribution in [-0.2, 0) is 6.54 Å². The van der Waals surface area contributed by atoms with E-state index in [0.717, 1.165) is 18.1 Å². The number of rotatable bonds is 3. The second-order valence-corrected chi connectivity index (χ2v) is 3.13. The van der Waals surface area contributed by atoms with E-state index in [4.69, 9.17) is 5.73 Å². The molecule has 0 bridgehead atoms. The molecule has 0 unspecified atom stereocenters. The van der Waals surface area contributed by atoms with Crippen LogP contribution in [0.4, 0.5) is 5.82 Å². The van der Waals surface area contributed by atoms with Crippen molar-refractivity contribution < 1.29 is 0 Å². The number of nitrogens with zero attached hydrogens (tertiary/aromatic N) is 2. The van der Waals surface area contributed by atoms with Crippen molar-refractivity contribution in [1.29, 1.82) is 0 Å². The molecule has 3 N–H and O–H groups in total. The lowest BCUT2D eigenvalue weighted by Gasteiger charge is -2.06. The molecule has 0 amide bonds. The molecule has 0 radical (unpaired) electrons. The van der Waals surface area contributed by atoms with Gasteiger partial charge in [0, 0.05) is 18.7 Å². The van der Waals surface area contributed by atoms with Crippen molar-refractivity contribution in [3.63, 3.8) is 0 Å². The van der Waals surface area contributed by atoms with Gasteiger partial charge in [0.15, 0.2) is 0 Å². The van der Waals surface area contributed by atoms with E-state index in [2.05, 4.69) is 24.3 Å². The molecule has 1 heterocycles. The fraction of sp³-hybridized carbons (Fsp3) is 0.625. The van der Waals surface area contributed by atoms with Gasteiger partial charge in [0.25, 0.3) is 0 Å². The van der Waals surface area contributed by atoms with Crippen molar-refractivity contribution in [2.45, 2.75) is 26.4 Å². The highest BCUT2D eigenvalue weighted by molar-refractivity contribution is 5.31. The first-order chi connectivity index (χ1) is 5.65. The highest BCUT2D eigenvalue weighted by atomic mass is 15.3. The van der Waals surface area contributed by atoms with Gasteiger partial charge < -0.3 is 11.1 Å². The maximum Gasteiger partial charge on any atom is 0.122 e. The summed E-state index contributed by atoms with van der Waals surface area (Å²) in [6.45, 7) is 4.89. The monoisotopic (exact) mass is 168 g/mol. The van der Waals surface area contributed by atoms with Crippen LogP contribution >= 0.6 is 0 Å². The average molecular weight is 168 g/mol. The van der Waals surface area contributed by atoms with Gasteiger partial charge in [-0.25, -0.2) is 4.68 Å². The average Bonchev–Trinajstić information content (AvgIpc) is 2.32. The molecule has 1 aromatic heterocycles. The summed E-state index contributed by atoms with van der Waals surface area (Å²) in [5, 5.41) is 7.36. The highest BCUT2D eigenvalue weighted by Crippen LogP contribution is 2.12. The normalized spacial score (nSPS) is 11.0. The number of hydrogen-bond acceptors (Lipinski definition) is 3. The van der Waals surface area contributed by atoms with Gasteiger partial charge >= 0.3 is 0 Å². The Morgan fingerprint density at radius 1 is 1.67 bits per heavy atom.